The number of fused-ring (bicyclic) bond motifs is 2. The van der Waals surface area contributed by atoms with Crippen LogP contribution in [0.4, 0.5) is 0 Å². The van der Waals surface area contributed by atoms with Gasteiger partial charge in [0.05, 0.1) is 30.5 Å². The average molecular weight is 648 g/mol. The molecule has 0 atom stereocenters. The van der Waals surface area contributed by atoms with Crippen LogP contribution in [0.2, 0.25) is 0 Å². The molecule has 0 saturated heterocycles. The van der Waals surface area contributed by atoms with Gasteiger partial charge in [0.25, 0.3) is 0 Å². The predicted octanol–water partition coefficient (Wildman–Crippen LogP) is 3.69. The zero-order chi connectivity index (χ0) is 33.8. The fraction of sp³-hybridized carbons (Fsp3) is 0.471. The first-order valence-corrected chi connectivity index (χ1v) is 16.1. The number of ketones is 4. The van der Waals surface area contributed by atoms with Crippen molar-refractivity contribution in [3.05, 3.63) is 69.9 Å². The van der Waals surface area contributed by atoms with Gasteiger partial charge in [-0.25, -0.2) is 0 Å². The van der Waals surface area contributed by atoms with E-state index in [4.69, 9.17) is 9.15 Å². The Hall–Kier alpha value is -4.78. The molecule has 13 heteroatoms. The molecule has 0 spiro atoms. The van der Waals surface area contributed by atoms with Crippen LogP contribution < -0.4 is 10.6 Å². The maximum absolute atomic E-state index is 13.1. The van der Waals surface area contributed by atoms with Crippen molar-refractivity contribution in [3.8, 4) is 0 Å². The van der Waals surface area contributed by atoms with Crippen LogP contribution in [-0.2, 0) is 32.2 Å². The molecule has 250 valence electrons. The number of benzene rings is 1. The summed E-state index contributed by atoms with van der Waals surface area (Å²) in [5.74, 6) is -1.25. The molecule has 0 fully saturated rings. The number of amides is 2. The molecule has 1 aliphatic carbocycles. The van der Waals surface area contributed by atoms with Gasteiger partial charge in [-0.05, 0) is 26.2 Å². The van der Waals surface area contributed by atoms with E-state index in [1.54, 1.807) is 42.1 Å². The van der Waals surface area contributed by atoms with Crippen molar-refractivity contribution in [2.24, 2.45) is 0 Å². The molecular weight excluding hydrogens is 606 g/mol. The van der Waals surface area contributed by atoms with Crippen LogP contribution in [0.3, 0.4) is 0 Å². The van der Waals surface area contributed by atoms with Crippen LogP contribution >= 0.6 is 0 Å². The van der Waals surface area contributed by atoms with Gasteiger partial charge in [-0.1, -0.05) is 42.8 Å². The summed E-state index contributed by atoms with van der Waals surface area (Å²) in [4.78, 5) is 75.0. The summed E-state index contributed by atoms with van der Waals surface area (Å²) >= 11 is 0. The second kappa shape index (κ2) is 17.2. The normalized spacial score (nSPS) is 12.0. The molecule has 3 aromatic rings. The summed E-state index contributed by atoms with van der Waals surface area (Å²) in [6.45, 7) is 5.38. The SMILES string of the molecule is CCCCNC(=O)CCC(=O)CCCOCCC(=O)NCc1cn(CCCC(=O)c2c(C)oc3c2C(=O)c2ccccc2C3=O)nn1. The van der Waals surface area contributed by atoms with E-state index in [1.807, 2.05) is 6.92 Å². The van der Waals surface area contributed by atoms with Crippen LogP contribution in [-0.4, -0.2) is 69.7 Å². The number of carbonyl (C=O) groups is 6. The maximum atomic E-state index is 13.1. The smallest absolute Gasteiger partial charge is 0.229 e. The number of ether oxygens (including phenoxy) is 1. The molecule has 0 bridgehead atoms. The second-order valence-corrected chi connectivity index (χ2v) is 11.4. The highest BCUT2D eigenvalue weighted by Gasteiger charge is 2.38. The molecule has 0 aliphatic heterocycles. The topological polar surface area (TPSA) is 180 Å². The Morgan fingerprint density at radius 3 is 2.38 bits per heavy atom. The molecular formula is C34H41N5O8. The van der Waals surface area contributed by atoms with Gasteiger partial charge < -0.3 is 19.8 Å². The van der Waals surface area contributed by atoms with Gasteiger partial charge in [0.1, 0.15) is 17.2 Å². The average Bonchev–Trinajstić information content (AvgIpc) is 3.67. The molecule has 1 aliphatic rings. The van der Waals surface area contributed by atoms with Crippen molar-refractivity contribution in [1.82, 2.24) is 25.6 Å². The molecule has 2 aromatic heterocycles. The number of aryl methyl sites for hydroxylation is 2. The van der Waals surface area contributed by atoms with E-state index in [9.17, 15) is 28.8 Å². The third-order valence-electron chi connectivity index (χ3n) is 7.76. The zero-order valence-electron chi connectivity index (χ0n) is 26.9. The van der Waals surface area contributed by atoms with E-state index in [0.29, 0.717) is 44.7 Å². The minimum absolute atomic E-state index is 0.0175. The van der Waals surface area contributed by atoms with Crippen molar-refractivity contribution in [2.45, 2.75) is 84.7 Å². The summed E-state index contributed by atoms with van der Waals surface area (Å²) in [7, 11) is 0. The fourth-order valence-electron chi connectivity index (χ4n) is 5.24. The summed E-state index contributed by atoms with van der Waals surface area (Å²) in [6, 6.07) is 6.49. The Labute approximate surface area is 272 Å². The monoisotopic (exact) mass is 647 g/mol. The van der Waals surface area contributed by atoms with E-state index in [0.717, 1.165) is 12.8 Å². The van der Waals surface area contributed by atoms with Gasteiger partial charge in [0.15, 0.2) is 17.3 Å². The van der Waals surface area contributed by atoms with E-state index in [1.165, 1.54) is 0 Å². The number of hydrogen-bond acceptors (Lipinski definition) is 10. The largest absolute Gasteiger partial charge is 0.456 e. The van der Waals surface area contributed by atoms with Crippen molar-refractivity contribution < 1.29 is 37.9 Å². The van der Waals surface area contributed by atoms with E-state index in [2.05, 4.69) is 20.9 Å². The summed E-state index contributed by atoms with van der Waals surface area (Å²) in [6.07, 6.45) is 5.55. The number of aromatic nitrogens is 3. The van der Waals surface area contributed by atoms with Gasteiger partial charge in [-0.2, -0.15) is 0 Å². The first kappa shape index (κ1) is 35.1. The number of nitrogens with zero attached hydrogens (tertiary/aromatic N) is 3. The van der Waals surface area contributed by atoms with Gasteiger partial charge >= 0.3 is 0 Å². The zero-order valence-corrected chi connectivity index (χ0v) is 26.9. The summed E-state index contributed by atoms with van der Waals surface area (Å²) in [5, 5.41) is 13.7. The van der Waals surface area contributed by atoms with Gasteiger partial charge in [-0.3, -0.25) is 33.4 Å². The molecule has 0 saturated carbocycles. The minimum atomic E-state index is -0.409. The molecule has 4 rings (SSSR count). The molecule has 2 N–H and O–H groups in total. The fourth-order valence-corrected chi connectivity index (χ4v) is 5.24. The van der Waals surface area contributed by atoms with E-state index >= 15 is 0 Å². The van der Waals surface area contributed by atoms with Crippen LogP contribution in [0.1, 0.15) is 119 Å². The number of Topliss-reactive ketones (excluding diaryl/α,β-unsaturated/α-hetero) is 2. The number of nitrogens with one attached hydrogen (secondary N) is 2. The highest BCUT2D eigenvalue weighted by molar-refractivity contribution is 6.30. The van der Waals surface area contributed by atoms with Gasteiger partial charge in [0.2, 0.25) is 17.6 Å². The van der Waals surface area contributed by atoms with E-state index < -0.39 is 11.6 Å². The number of unbranched alkanes of at least 4 members (excludes halogenated alkanes) is 1. The van der Waals surface area contributed by atoms with Crippen molar-refractivity contribution in [1.29, 1.82) is 0 Å². The molecule has 47 heavy (non-hydrogen) atoms. The Morgan fingerprint density at radius 1 is 0.872 bits per heavy atom. The highest BCUT2D eigenvalue weighted by atomic mass is 16.5. The van der Waals surface area contributed by atoms with E-state index in [-0.39, 0.29) is 96.0 Å². The van der Waals surface area contributed by atoms with Crippen LogP contribution in [0.5, 0.6) is 0 Å². The quantitative estimate of drug-likeness (QED) is 0.106. The standard InChI is InChI=1S/C34H41N5O8/c1-3-4-16-35-28(42)14-13-24(40)9-8-18-46-19-15-29(43)36-20-23-21-39(38-37-23)17-7-12-27(41)30-22(2)47-34-31(30)32(44)25-10-5-6-11-26(25)33(34)45/h5-6,10-11,21H,3-4,7-9,12-20H2,1-2H3,(H,35,42)(H,36,43). The second-order valence-electron chi connectivity index (χ2n) is 11.4. The first-order chi connectivity index (χ1) is 22.7. The molecule has 0 unspecified atom stereocenters. The Kier molecular flexibility index (Phi) is 12.9. The third-order valence-corrected chi connectivity index (χ3v) is 7.76. The Morgan fingerprint density at radius 2 is 1.62 bits per heavy atom. The lowest BCUT2D eigenvalue weighted by Gasteiger charge is -2.13. The summed E-state index contributed by atoms with van der Waals surface area (Å²) < 4.78 is 12.6. The third kappa shape index (κ3) is 9.61. The number of carbonyl (C=O) groups excluding carboxylic acids is 6. The van der Waals surface area contributed by atoms with Crippen LogP contribution in [0.15, 0.2) is 34.9 Å². The lowest BCUT2D eigenvalue weighted by molar-refractivity contribution is -0.125. The molecule has 0 radical (unpaired) electrons. The first-order valence-electron chi connectivity index (χ1n) is 16.1. The number of rotatable bonds is 20. The molecule has 1 aromatic carbocycles. The molecule has 13 nitrogen and oxygen atoms in total. The van der Waals surface area contributed by atoms with Crippen molar-refractivity contribution in [3.63, 3.8) is 0 Å². The Balaban J connectivity index is 1.10. The maximum Gasteiger partial charge on any atom is 0.229 e. The number of hydrogen-bond donors (Lipinski definition) is 2. The Bertz CT molecular complexity index is 1620. The van der Waals surface area contributed by atoms with Crippen molar-refractivity contribution >= 4 is 34.9 Å². The van der Waals surface area contributed by atoms with Crippen molar-refractivity contribution in [2.75, 3.05) is 19.8 Å². The predicted molar refractivity (Wildman–Crippen MR) is 169 cm³/mol. The van der Waals surface area contributed by atoms with Crippen LogP contribution in [0.25, 0.3) is 0 Å². The van der Waals surface area contributed by atoms with Crippen LogP contribution in [0, 0.1) is 6.92 Å². The molecule has 2 amide bonds. The minimum Gasteiger partial charge on any atom is -0.456 e. The van der Waals surface area contributed by atoms with Gasteiger partial charge in [-0.15, -0.1) is 5.10 Å². The lowest BCUT2D eigenvalue weighted by atomic mass is 9.85. The highest BCUT2D eigenvalue weighted by Crippen LogP contribution is 2.33. The van der Waals surface area contributed by atoms with Gasteiger partial charge in [0, 0.05) is 62.9 Å². The lowest BCUT2D eigenvalue weighted by Crippen LogP contribution is -2.24. The number of furan rings is 1. The summed E-state index contributed by atoms with van der Waals surface area (Å²) in [5.41, 5.74) is 1.25. The molecule has 2 heterocycles.